The van der Waals surface area contributed by atoms with Gasteiger partial charge in [-0.05, 0) is 59.7 Å². The zero-order valence-electron chi connectivity index (χ0n) is 33.1. The third-order valence-corrected chi connectivity index (χ3v) is 13.6. The van der Waals surface area contributed by atoms with Gasteiger partial charge in [-0.3, -0.25) is 0 Å². The number of fused-ring (bicyclic) bond motifs is 10. The SMILES string of the molecule is CC1(C)c2ccccc2Oc2ccccc21.CC1(C)c2ccccc2Sc2ccccc21.c1ccc2c(c1)oc1ccccc12.c1ccc2c(c1)sc1ccccc12. The molecule has 0 unspecified atom stereocenters. The van der Waals surface area contributed by atoms with E-state index in [2.05, 4.69) is 161 Å². The molecule has 0 saturated carbocycles. The van der Waals surface area contributed by atoms with Crippen molar-refractivity contribution in [3.05, 3.63) is 216 Å². The van der Waals surface area contributed by atoms with E-state index in [0.717, 1.165) is 22.7 Å². The molecule has 0 bridgehead atoms. The average Bonchev–Trinajstić information content (AvgIpc) is 3.83. The van der Waals surface area contributed by atoms with Gasteiger partial charge in [0.1, 0.15) is 22.7 Å². The van der Waals surface area contributed by atoms with Crippen molar-refractivity contribution in [3.63, 3.8) is 0 Å². The summed E-state index contributed by atoms with van der Waals surface area (Å²) in [5.74, 6) is 1.96. The van der Waals surface area contributed by atoms with E-state index in [9.17, 15) is 0 Å². The van der Waals surface area contributed by atoms with Crippen molar-refractivity contribution in [2.24, 2.45) is 0 Å². The first kappa shape index (κ1) is 37.5. The summed E-state index contributed by atoms with van der Waals surface area (Å²) in [6.45, 7) is 9.11. The van der Waals surface area contributed by atoms with Crippen LogP contribution in [-0.4, -0.2) is 0 Å². The van der Waals surface area contributed by atoms with Gasteiger partial charge in [-0.15, -0.1) is 11.3 Å². The van der Waals surface area contributed by atoms with Crippen molar-refractivity contribution in [1.29, 1.82) is 0 Å². The summed E-state index contributed by atoms with van der Waals surface area (Å²) in [6, 6.07) is 67.3. The van der Waals surface area contributed by atoms with Crippen LogP contribution in [0.25, 0.3) is 42.1 Å². The van der Waals surface area contributed by atoms with Gasteiger partial charge in [0, 0.05) is 62.7 Å². The molecule has 2 aliphatic heterocycles. The molecule has 0 fully saturated rings. The van der Waals surface area contributed by atoms with Crippen LogP contribution in [0.15, 0.2) is 208 Å². The Hall–Kier alpha value is -6.07. The Morgan fingerprint density at radius 3 is 1.17 bits per heavy atom. The Bertz CT molecular complexity index is 2640. The zero-order chi connectivity index (χ0) is 39.7. The highest BCUT2D eigenvalue weighted by Crippen LogP contribution is 2.49. The molecule has 284 valence electrons. The second kappa shape index (κ2) is 15.7. The fraction of sp³-hybridized carbons (Fsp3) is 0.111. The molecule has 0 atom stereocenters. The summed E-state index contributed by atoms with van der Waals surface area (Å²) in [7, 11) is 0. The molecule has 0 radical (unpaired) electrons. The van der Waals surface area contributed by atoms with Gasteiger partial charge in [-0.2, -0.15) is 0 Å². The van der Waals surface area contributed by atoms with Gasteiger partial charge >= 0.3 is 0 Å². The van der Waals surface area contributed by atoms with Crippen LogP contribution < -0.4 is 4.74 Å². The molecule has 0 amide bonds. The third-order valence-electron chi connectivity index (χ3n) is 11.2. The second-order valence-corrected chi connectivity index (χ2v) is 17.8. The third kappa shape index (κ3) is 7.08. The smallest absolute Gasteiger partial charge is 0.135 e. The first-order valence-corrected chi connectivity index (χ1v) is 21.4. The molecule has 12 rings (SSSR count). The number of para-hydroxylation sites is 4. The molecule has 2 nitrogen and oxygen atoms in total. The van der Waals surface area contributed by atoms with Gasteiger partial charge in [0.25, 0.3) is 0 Å². The summed E-state index contributed by atoms with van der Waals surface area (Å²) < 4.78 is 14.3. The van der Waals surface area contributed by atoms with E-state index in [4.69, 9.17) is 9.15 Å². The maximum Gasteiger partial charge on any atom is 0.135 e. The van der Waals surface area contributed by atoms with Crippen molar-refractivity contribution < 1.29 is 9.15 Å². The van der Waals surface area contributed by atoms with Crippen LogP contribution in [0.2, 0.25) is 0 Å². The number of furan rings is 1. The first-order valence-electron chi connectivity index (χ1n) is 19.8. The van der Waals surface area contributed by atoms with E-state index in [1.807, 2.05) is 83.8 Å². The molecule has 10 aromatic rings. The molecule has 4 heterocycles. The highest BCUT2D eigenvalue weighted by molar-refractivity contribution is 7.99. The molecule has 58 heavy (non-hydrogen) atoms. The monoisotopic (exact) mass is 788 g/mol. The molecule has 2 aliphatic rings. The van der Waals surface area contributed by atoms with Gasteiger partial charge in [-0.25, -0.2) is 0 Å². The van der Waals surface area contributed by atoms with Crippen molar-refractivity contribution in [1.82, 2.24) is 0 Å². The molecule has 0 aliphatic carbocycles. The van der Waals surface area contributed by atoms with Crippen molar-refractivity contribution >= 4 is 65.2 Å². The van der Waals surface area contributed by atoms with E-state index in [-0.39, 0.29) is 10.8 Å². The number of hydrogen-bond acceptors (Lipinski definition) is 4. The second-order valence-electron chi connectivity index (χ2n) is 15.6. The Balaban J connectivity index is 0.000000101. The van der Waals surface area contributed by atoms with Gasteiger partial charge in [0.15, 0.2) is 0 Å². The fourth-order valence-corrected chi connectivity index (χ4v) is 10.7. The van der Waals surface area contributed by atoms with E-state index in [1.54, 1.807) is 0 Å². The average molecular weight is 789 g/mol. The fourth-order valence-electron chi connectivity index (χ4n) is 8.16. The van der Waals surface area contributed by atoms with E-state index < -0.39 is 0 Å². The lowest BCUT2D eigenvalue weighted by molar-refractivity contribution is 0.418. The lowest BCUT2D eigenvalue weighted by Crippen LogP contribution is -2.23. The number of benzene rings is 8. The molecular weight excluding hydrogens is 745 g/mol. The molecule has 2 aromatic heterocycles. The van der Waals surface area contributed by atoms with Crippen molar-refractivity contribution in [3.8, 4) is 11.5 Å². The van der Waals surface area contributed by atoms with Crippen LogP contribution in [0.3, 0.4) is 0 Å². The molecule has 0 saturated heterocycles. The highest BCUT2D eigenvalue weighted by atomic mass is 32.2. The highest BCUT2D eigenvalue weighted by Gasteiger charge is 2.34. The van der Waals surface area contributed by atoms with E-state index in [1.165, 1.54) is 63.0 Å². The summed E-state index contributed by atoms with van der Waals surface area (Å²) in [6.07, 6.45) is 0. The Labute approximate surface area is 348 Å². The Kier molecular flexibility index (Phi) is 10.2. The van der Waals surface area contributed by atoms with Gasteiger partial charge in [-0.1, -0.05) is 185 Å². The number of rotatable bonds is 0. The Morgan fingerprint density at radius 1 is 0.345 bits per heavy atom. The normalized spacial score (nSPS) is 13.9. The minimum Gasteiger partial charge on any atom is -0.457 e. The lowest BCUT2D eigenvalue weighted by atomic mass is 9.76. The number of ether oxygens (including phenoxy) is 1. The van der Waals surface area contributed by atoms with Gasteiger partial charge < -0.3 is 9.15 Å². The maximum absolute atomic E-state index is 5.91. The summed E-state index contributed by atoms with van der Waals surface area (Å²) >= 11 is 3.75. The van der Waals surface area contributed by atoms with Gasteiger partial charge in [0.2, 0.25) is 0 Å². The quantitative estimate of drug-likeness (QED) is 0.153. The summed E-state index contributed by atoms with van der Waals surface area (Å²) in [5.41, 5.74) is 7.47. The zero-order valence-corrected chi connectivity index (χ0v) is 34.7. The minimum atomic E-state index is 0.0193. The molecule has 0 spiro atoms. The predicted octanol–water partition coefficient (Wildman–Crippen LogP) is 16.2. The van der Waals surface area contributed by atoms with E-state index >= 15 is 0 Å². The van der Waals surface area contributed by atoms with Crippen LogP contribution in [0.1, 0.15) is 49.9 Å². The molecule has 8 aromatic carbocycles. The van der Waals surface area contributed by atoms with Crippen LogP contribution in [0, 0.1) is 0 Å². The van der Waals surface area contributed by atoms with E-state index in [0.29, 0.717) is 0 Å². The Morgan fingerprint density at radius 2 is 0.690 bits per heavy atom. The molecular formula is C54H44O2S2. The van der Waals surface area contributed by atoms with Crippen LogP contribution >= 0.6 is 23.1 Å². The minimum absolute atomic E-state index is 0.0193. The lowest BCUT2D eigenvalue weighted by Gasteiger charge is -2.34. The predicted molar refractivity (Wildman–Crippen MR) is 247 cm³/mol. The number of hydrogen-bond donors (Lipinski definition) is 0. The first-order chi connectivity index (χ1) is 28.3. The number of thiophene rings is 1. The van der Waals surface area contributed by atoms with Crippen molar-refractivity contribution in [2.75, 3.05) is 0 Å². The molecule has 4 heteroatoms. The van der Waals surface area contributed by atoms with Crippen molar-refractivity contribution in [2.45, 2.75) is 48.3 Å². The van der Waals surface area contributed by atoms with Gasteiger partial charge in [0.05, 0.1) is 0 Å². The largest absolute Gasteiger partial charge is 0.457 e. The van der Waals surface area contributed by atoms with Crippen LogP contribution in [0.5, 0.6) is 11.5 Å². The van der Waals surface area contributed by atoms with Crippen LogP contribution in [0.4, 0.5) is 0 Å². The topological polar surface area (TPSA) is 22.4 Å². The summed E-state index contributed by atoms with van der Waals surface area (Å²) in [5, 5.41) is 5.14. The standard InChI is InChI=1S/C15H14O.C15H14S.C12H8O.C12H8S/c2*1-15(2)11-7-3-5-9-13(11)16-14-10-6-4-8-12(14)15;2*1-3-7-11-9(5-1)10-6-2-4-8-12(10)13-11/h2*3-10H,1-2H3;2*1-8H. The molecule has 0 N–H and O–H groups in total. The van der Waals surface area contributed by atoms with Crippen LogP contribution in [-0.2, 0) is 10.8 Å². The maximum atomic E-state index is 5.91. The summed E-state index contributed by atoms with van der Waals surface area (Å²) in [4.78, 5) is 2.79.